The first-order valence-electron chi connectivity index (χ1n) is 6.25. The zero-order valence-corrected chi connectivity index (χ0v) is 13.0. The maximum absolute atomic E-state index is 10.6. The van der Waals surface area contributed by atoms with Gasteiger partial charge in [-0.05, 0) is 46.3 Å². The van der Waals surface area contributed by atoms with Crippen LogP contribution in [0.15, 0.2) is 16.6 Å². The van der Waals surface area contributed by atoms with E-state index in [4.69, 9.17) is 16.3 Å². The maximum Gasteiger partial charge on any atom is 0.138 e. The van der Waals surface area contributed by atoms with Gasteiger partial charge in [0.1, 0.15) is 5.75 Å². The Morgan fingerprint density at radius 2 is 2.17 bits per heavy atom. The molecular formula is C14H18BrClO2. The standard InChI is InChI=1S/C14H18BrClO2/c1-8-4-3-5-10(8)13(17)11-6-9(16)7-12(15)14(11)18-2/h6-8,10,13,17H,3-5H2,1-2H3. The number of halogens is 2. The number of aliphatic hydroxyl groups is 1. The van der Waals surface area contributed by atoms with Crippen LogP contribution < -0.4 is 4.74 Å². The summed E-state index contributed by atoms with van der Waals surface area (Å²) in [4.78, 5) is 0. The van der Waals surface area contributed by atoms with Crippen molar-refractivity contribution in [2.75, 3.05) is 7.11 Å². The highest BCUT2D eigenvalue weighted by molar-refractivity contribution is 9.10. The van der Waals surface area contributed by atoms with E-state index in [2.05, 4.69) is 22.9 Å². The lowest BCUT2D eigenvalue weighted by Crippen LogP contribution is -2.16. The number of ether oxygens (including phenoxy) is 1. The highest BCUT2D eigenvalue weighted by Crippen LogP contribution is 2.44. The number of benzene rings is 1. The van der Waals surface area contributed by atoms with Gasteiger partial charge in [-0.2, -0.15) is 0 Å². The number of methoxy groups -OCH3 is 1. The Morgan fingerprint density at radius 1 is 1.44 bits per heavy atom. The second-order valence-corrected chi connectivity index (χ2v) is 6.32. The van der Waals surface area contributed by atoms with E-state index >= 15 is 0 Å². The molecule has 1 saturated carbocycles. The summed E-state index contributed by atoms with van der Waals surface area (Å²) in [7, 11) is 1.61. The summed E-state index contributed by atoms with van der Waals surface area (Å²) in [6, 6.07) is 3.59. The van der Waals surface area contributed by atoms with Gasteiger partial charge in [0.15, 0.2) is 0 Å². The van der Waals surface area contributed by atoms with Crippen molar-refractivity contribution in [3.8, 4) is 5.75 Å². The van der Waals surface area contributed by atoms with E-state index in [1.54, 1.807) is 19.2 Å². The predicted octanol–water partition coefficient (Wildman–Crippen LogP) is 4.58. The quantitative estimate of drug-likeness (QED) is 0.877. The molecule has 1 aliphatic rings. The maximum atomic E-state index is 10.6. The Hall–Kier alpha value is -0.250. The molecule has 3 atom stereocenters. The molecule has 2 nitrogen and oxygen atoms in total. The van der Waals surface area contributed by atoms with Crippen LogP contribution in [0, 0.1) is 11.8 Å². The van der Waals surface area contributed by atoms with E-state index in [9.17, 15) is 5.11 Å². The van der Waals surface area contributed by atoms with E-state index in [1.165, 1.54) is 12.8 Å². The van der Waals surface area contributed by atoms with E-state index < -0.39 is 6.10 Å². The highest BCUT2D eigenvalue weighted by atomic mass is 79.9. The third kappa shape index (κ3) is 2.68. The summed E-state index contributed by atoms with van der Waals surface area (Å²) in [5.41, 5.74) is 0.788. The molecule has 1 aromatic rings. The summed E-state index contributed by atoms with van der Waals surface area (Å²) in [5, 5.41) is 11.2. The topological polar surface area (TPSA) is 29.5 Å². The molecule has 3 unspecified atom stereocenters. The first-order chi connectivity index (χ1) is 8.54. The van der Waals surface area contributed by atoms with Gasteiger partial charge < -0.3 is 9.84 Å². The van der Waals surface area contributed by atoms with Gasteiger partial charge in [0.2, 0.25) is 0 Å². The lowest BCUT2D eigenvalue weighted by atomic mass is 9.88. The molecule has 4 heteroatoms. The predicted molar refractivity (Wildman–Crippen MR) is 77.2 cm³/mol. The fourth-order valence-electron chi connectivity index (χ4n) is 2.89. The molecule has 0 bridgehead atoms. The highest BCUT2D eigenvalue weighted by Gasteiger charge is 2.32. The van der Waals surface area contributed by atoms with Gasteiger partial charge in [-0.3, -0.25) is 0 Å². The van der Waals surface area contributed by atoms with Crippen molar-refractivity contribution in [2.45, 2.75) is 32.3 Å². The summed E-state index contributed by atoms with van der Waals surface area (Å²) in [6.45, 7) is 2.20. The Balaban J connectivity index is 2.37. The van der Waals surface area contributed by atoms with Crippen LogP contribution in [0.4, 0.5) is 0 Å². The lowest BCUT2D eigenvalue weighted by Gasteiger charge is -2.24. The molecule has 0 heterocycles. The van der Waals surface area contributed by atoms with E-state index in [-0.39, 0.29) is 0 Å². The van der Waals surface area contributed by atoms with Gasteiger partial charge in [-0.15, -0.1) is 0 Å². The molecule has 0 radical (unpaired) electrons. The van der Waals surface area contributed by atoms with Crippen molar-refractivity contribution >= 4 is 27.5 Å². The van der Waals surface area contributed by atoms with Crippen molar-refractivity contribution in [2.24, 2.45) is 11.8 Å². The zero-order chi connectivity index (χ0) is 13.3. The molecule has 0 amide bonds. The fourth-order valence-corrected chi connectivity index (χ4v) is 3.88. The third-order valence-corrected chi connectivity index (χ3v) is 4.70. The monoisotopic (exact) mass is 332 g/mol. The molecule has 1 N–H and O–H groups in total. The summed E-state index contributed by atoms with van der Waals surface area (Å²) < 4.78 is 6.17. The molecule has 18 heavy (non-hydrogen) atoms. The Kier molecular flexibility index (Phi) is 4.57. The van der Waals surface area contributed by atoms with E-state index in [0.717, 1.165) is 16.5 Å². The molecular weight excluding hydrogens is 316 g/mol. The summed E-state index contributed by atoms with van der Waals surface area (Å²) in [6.07, 6.45) is 2.93. The zero-order valence-electron chi connectivity index (χ0n) is 10.6. The van der Waals surface area contributed by atoms with Crippen LogP contribution in [0.25, 0.3) is 0 Å². The minimum Gasteiger partial charge on any atom is -0.495 e. The molecule has 0 saturated heterocycles. The van der Waals surface area contributed by atoms with Gasteiger partial charge in [0, 0.05) is 10.6 Å². The summed E-state index contributed by atoms with van der Waals surface area (Å²) >= 11 is 9.50. The van der Waals surface area contributed by atoms with Gasteiger partial charge in [0.05, 0.1) is 17.7 Å². The normalized spacial score (nSPS) is 25.2. The van der Waals surface area contributed by atoms with Crippen LogP contribution in [-0.4, -0.2) is 12.2 Å². The smallest absolute Gasteiger partial charge is 0.138 e. The molecule has 1 fully saturated rings. The minimum absolute atomic E-state index is 0.296. The number of rotatable bonds is 3. The van der Waals surface area contributed by atoms with E-state index in [0.29, 0.717) is 22.6 Å². The first-order valence-corrected chi connectivity index (χ1v) is 7.42. The Morgan fingerprint density at radius 3 is 2.72 bits per heavy atom. The van der Waals surface area contributed by atoms with Gasteiger partial charge in [-0.25, -0.2) is 0 Å². The number of hydrogen-bond donors (Lipinski definition) is 1. The van der Waals surface area contributed by atoms with Gasteiger partial charge in [-0.1, -0.05) is 31.4 Å². The van der Waals surface area contributed by atoms with Crippen LogP contribution in [0.5, 0.6) is 5.75 Å². The van der Waals surface area contributed by atoms with Crippen molar-refractivity contribution in [1.29, 1.82) is 0 Å². The average molecular weight is 334 g/mol. The molecule has 0 aliphatic heterocycles. The van der Waals surface area contributed by atoms with Crippen LogP contribution in [0.2, 0.25) is 5.02 Å². The number of hydrogen-bond acceptors (Lipinski definition) is 2. The van der Waals surface area contributed by atoms with Crippen LogP contribution in [0.1, 0.15) is 37.9 Å². The molecule has 1 aromatic carbocycles. The van der Waals surface area contributed by atoms with Crippen molar-refractivity contribution in [3.05, 3.63) is 27.2 Å². The van der Waals surface area contributed by atoms with Gasteiger partial charge in [0.25, 0.3) is 0 Å². The fraction of sp³-hybridized carbons (Fsp3) is 0.571. The van der Waals surface area contributed by atoms with Crippen molar-refractivity contribution in [3.63, 3.8) is 0 Å². The van der Waals surface area contributed by atoms with Crippen LogP contribution >= 0.6 is 27.5 Å². The molecule has 0 spiro atoms. The first kappa shape index (κ1) is 14.2. The average Bonchev–Trinajstić information content (AvgIpc) is 2.73. The minimum atomic E-state index is -0.507. The Bertz CT molecular complexity index is 436. The van der Waals surface area contributed by atoms with E-state index in [1.807, 2.05) is 0 Å². The van der Waals surface area contributed by atoms with Crippen LogP contribution in [0.3, 0.4) is 0 Å². The molecule has 0 aromatic heterocycles. The van der Waals surface area contributed by atoms with Crippen LogP contribution in [-0.2, 0) is 0 Å². The largest absolute Gasteiger partial charge is 0.495 e. The Labute approximate surface area is 121 Å². The lowest BCUT2D eigenvalue weighted by molar-refractivity contribution is 0.0874. The second kappa shape index (κ2) is 5.81. The second-order valence-electron chi connectivity index (χ2n) is 5.03. The number of aliphatic hydroxyl groups excluding tert-OH is 1. The molecule has 1 aliphatic carbocycles. The molecule has 2 rings (SSSR count). The SMILES string of the molecule is COc1c(Br)cc(Cl)cc1C(O)C1CCCC1C. The summed E-state index contributed by atoms with van der Waals surface area (Å²) in [5.74, 6) is 1.53. The molecule has 100 valence electrons. The van der Waals surface area contributed by atoms with Crippen molar-refractivity contribution < 1.29 is 9.84 Å². The van der Waals surface area contributed by atoms with Gasteiger partial charge >= 0.3 is 0 Å². The van der Waals surface area contributed by atoms with Crippen molar-refractivity contribution in [1.82, 2.24) is 0 Å². The third-order valence-electron chi connectivity index (χ3n) is 3.89.